The van der Waals surface area contributed by atoms with Crippen LogP contribution in [0.15, 0.2) is 53.5 Å². The van der Waals surface area contributed by atoms with Crippen molar-refractivity contribution in [1.82, 2.24) is 14.8 Å². The van der Waals surface area contributed by atoms with E-state index >= 15 is 0 Å². The lowest BCUT2D eigenvalue weighted by Crippen LogP contribution is -2.39. The van der Waals surface area contributed by atoms with E-state index in [1.807, 2.05) is 48.5 Å². The number of ether oxygens (including phenoxy) is 1. The van der Waals surface area contributed by atoms with Crippen molar-refractivity contribution < 1.29 is 9.53 Å². The number of aliphatic imine (C=N–C) groups is 1. The molecule has 0 spiro atoms. The second-order valence-corrected chi connectivity index (χ2v) is 7.68. The van der Waals surface area contributed by atoms with Crippen LogP contribution >= 0.6 is 11.6 Å². The van der Waals surface area contributed by atoms with Crippen LogP contribution in [0.2, 0.25) is 5.02 Å². The second-order valence-electron chi connectivity index (χ2n) is 7.28. The summed E-state index contributed by atoms with van der Waals surface area (Å²) in [5.74, 6) is 1.69. The summed E-state index contributed by atoms with van der Waals surface area (Å²) < 4.78 is 6.99. The molecule has 1 aliphatic heterocycles. The smallest absolute Gasteiger partial charge is 0.248 e. The molecule has 7 heteroatoms. The van der Waals surface area contributed by atoms with Gasteiger partial charge in [0.05, 0.1) is 19.1 Å². The molecule has 0 amide bonds. The number of rotatable bonds is 3. The minimum Gasteiger partial charge on any atom is -0.497 e. The molecular formula is C22H19ClN4O2. The molecule has 29 heavy (non-hydrogen) atoms. The van der Waals surface area contributed by atoms with Crippen molar-refractivity contribution in [3.05, 3.63) is 59.1 Å². The second kappa shape index (κ2) is 7.12. The van der Waals surface area contributed by atoms with E-state index in [9.17, 15) is 4.79 Å². The topological polar surface area (TPSA) is 69.4 Å². The fourth-order valence-electron chi connectivity index (χ4n) is 4.16. The summed E-state index contributed by atoms with van der Waals surface area (Å²) in [6.45, 7) is 0. The van der Waals surface area contributed by atoms with Gasteiger partial charge in [-0.05, 0) is 48.7 Å². The summed E-state index contributed by atoms with van der Waals surface area (Å²) in [6.07, 6.45) is 2.17. The number of hydrogen-bond acceptors (Lipinski definition) is 5. The highest BCUT2D eigenvalue weighted by molar-refractivity contribution is 6.31. The molecule has 0 radical (unpaired) electrons. The van der Waals surface area contributed by atoms with Gasteiger partial charge in [-0.2, -0.15) is 4.98 Å². The molecule has 2 aromatic carbocycles. The molecule has 2 atom stereocenters. The van der Waals surface area contributed by atoms with Gasteiger partial charge >= 0.3 is 0 Å². The summed E-state index contributed by atoms with van der Waals surface area (Å²) >= 11 is 6.53. The lowest BCUT2D eigenvalue weighted by atomic mass is 9.78. The van der Waals surface area contributed by atoms with Crippen molar-refractivity contribution >= 4 is 29.0 Å². The third-order valence-corrected chi connectivity index (χ3v) is 5.91. The Morgan fingerprint density at radius 2 is 1.90 bits per heavy atom. The molecule has 1 fully saturated rings. The van der Waals surface area contributed by atoms with Gasteiger partial charge in [0.2, 0.25) is 5.95 Å². The van der Waals surface area contributed by atoms with Crippen LogP contribution in [0, 0.1) is 5.92 Å². The van der Waals surface area contributed by atoms with Crippen molar-refractivity contribution in [2.75, 3.05) is 7.11 Å². The van der Waals surface area contributed by atoms with Crippen LogP contribution in [-0.4, -0.2) is 33.4 Å². The molecule has 0 bridgehead atoms. The average Bonchev–Trinajstić information content (AvgIpc) is 3.17. The minimum atomic E-state index is -0.346. The van der Waals surface area contributed by atoms with E-state index in [4.69, 9.17) is 26.4 Å². The first kappa shape index (κ1) is 18.1. The number of carbonyl (C=O) groups excluding carboxylic acids is 1. The van der Waals surface area contributed by atoms with Crippen molar-refractivity contribution in [2.24, 2.45) is 10.9 Å². The quantitative estimate of drug-likeness (QED) is 0.634. The van der Waals surface area contributed by atoms with Crippen LogP contribution in [0.4, 0.5) is 5.95 Å². The Labute approximate surface area is 173 Å². The minimum absolute atomic E-state index is 0.187. The van der Waals surface area contributed by atoms with Gasteiger partial charge < -0.3 is 4.74 Å². The van der Waals surface area contributed by atoms with E-state index in [0.717, 1.165) is 35.4 Å². The number of fused-ring (bicyclic) bond motifs is 2. The van der Waals surface area contributed by atoms with Crippen molar-refractivity contribution in [3.63, 3.8) is 0 Å². The molecule has 2 aliphatic rings. The molecule has 146 valence electrons. The Balaban J connectivity index is 1.66. The molecule has 1 aromatic heterocycles. The van der Waals surface area contributed by atoms with Crippen molar-refractivity contribution in [3.8, 4) is 17.1 Å². The highest BCUT2D eigenvalue weighted by atomic mass is 35.5. The Hall–Kier alpha value is -2.99. The highest BCUT2D eigenvalue weighted by Crippen LogP contribution is 2.42. The first-order chi connectivity index (χ1) is 14.2. The van der Waals surface area contributed by atoms with E-state index in [-0.39, 0.29) is 17.7 Å². The molecule has 2 heterocycles. The Kier molecular flexibility index (Phi) is 4.43. The first-order valence-electron chi connectivity index (χ1n) is 9.61. The Morgan fingerprint density at radius 1 is 1.10 bits per heavy atom. The molecule has 0 N–H and O–H groups in total. The predicted molar refractivity (Wildman–Crippen MR) is 111 cm³/mol. The van der Waals surface area contributed by atoms with Crippen LogP contribution in [0.5, 0.6) is 5.75 Å². The van der Waals surface area contributed by atoms with Gasteiger partial charge in [0.15, 0.2) is 5.82 Å². The SMILES string of the molecule is COc1ccc(-c2nc3n(n2)[C@@H](c2ccccc2Cl)C2C(=O)CCCC2=N3)cc1. The van der Waals surface area contributed by atoms with Crippen molar-refractivity contribution in [1.29, 1.82) is 0 Å². The summed E-state index contributed by atoms with van der Waals surface area (Å²) in [6, 6.07) is 14.8. The average molecular weight is 407 g/mol. The molecule has 6 nitrogen and oxygen atoms in total. The van der Waals surface area contributed by atoms with Crippen LogP contribution < -0.4 is 4.74 Å². The molecule has 0 saturated heterocycles. The summed E-state index contributed by atoms with van der Waals surface area (Å²) in [7, 11) is 1.63. The van der Waals surface area contributed by atoms with Gasteiger partial charge in [-0.25, -0.2) is 9.67 Å². The molecule has 5 rings (SSSR count). The fourth-order valence-corrected chi connectivity index (χ4v) is 4.41. The number of nitrogens with zero attached hydrogens (tertiary/aromatic N) is 4. The van der Waals surface area contributed by atoms with Crippen LogP contribution in [0.1, 0.15) is 30.9 Å². The molecule has 1 saturated carbocycles. The van der Waals surface area contributed by atoms with Gasteiger partial charge in [0.1, 0.15) is 11.5 Å². The van der Waals surface area contributed by atoms with Gasteiger partial charge in [-0.15, -0.1) is 5.10 Å². The maximum absolute atomic E-state index is 12.9. The van der Waals surface area contributed by atoms with Gasteiger partial charge in [-0.3, -0.25) is 4.79 Å². The zero-order valence-electron chi connectivity index (χ0n) is 15.9. The number of halogens is 1. The standard InChI is InChI=1S/C22H19ClN4O2/c1-29-14-11-9-13(10-12-14)21-25-22-24-17-7-4-8-18(28)19(17)20(27(22)26-21)15-5-2-3-6-16(15)23/h2-3,5-6,9-12,19-20H,4,7-8H2,1H3/t19?,20-/m0/s1. The third kappa shape index (κ3) is 3.04. The highest BCUT2D eigenvalue weighted by Gasteiger charge is 2.42. The zero-order valence-corrected chi connectivity index (χ0v) is 16.6. The van der Waals surface area contributed by atoms with Crippen LogP contribution in [0.3, 0.4) is 0 Å². The summed E-state index contributed by atoms with van der Waals surface area (Å²) in [5.41, 5.74) is 2.61. The molecule has 1 aliphatic carbocycles. The lowest BCUT2D eigenvalue weighted by Gasteiger charge is -2.34. The number of aromatic nitrogens is 3. The summed E-state index contributed by atoms with van der Waals surface area (Å²) in [4.78, 5) is 22.3. The molecule has 1 unspecified atom stereocenters. The van der Waals surface area contributed by atoms with E-state index < -0.39 is 0 Å². The normalized spacial score (nSPS) is 20.6. The number of methoxy groups -OCH3 is 1. The van der Waals surface area contributed by atoms with E-state index in [1.165, 1.54) is 0 Å². The molecule has 3 aromatic rings. The van der Waals surface area contributed by atoms with Crippen LogP contribution in [0.25, 0.3) is 11.4 Å². The van der Waals surface area contributed by atoms with Crippen LogP contribution in [-0.2, 0) is 4.79 Å². The fraction of sp³-hybridized carbons (Fsp3) is 0.273. The lowest BCUT2D eigenvalue weighted by molar-refractivity contribution is -0.122. The number of carbonyl (C=O) groups is 1. The van der Waals surface area contributed by atoms with Gasteiger partial charge in [0, 0.05) is 22.7 Å². The Bertz CT molecular complexity index is 1120. The Morgan fingerprint density at radius 3 is 2.66 bits per heavy atom. The summed E-state index contributed by atoms with van der Waals surface area (Å²) in [5, 5.41) is 5.36. The van der Waals surface area contributed by atoms with E-state index in [1.54, 1.807) is 11.8 Å². The predicted octanol–water partition coefficient (Wildman–Crippen LogP) is 4.65. The number of Topliss-reactive ketones (excluding diaryl/α,β-unsaturated/α-hetero) is 1. The zero-order chi connectivity index (χ0) is 20.0. The third-order valence-electron chi connectivity index (χ3n) is 5.57. The van der Waals surface area contributed by atoms with Gasteiger partial charge in [0.25, 0.3) is 0 Å². The molecular weight excluding hydrogens is 388 g/mol. The number of ketones is 1. The van der Waals surface area contributed by atoms with E-state index in [2.05, 4.69) is 4.98 Å². The number of hydrogen-bond donors (Lipinski definition) is 0. The maximum Gasteiger partial charge on any atom is 0.248 e. The largest absolute Gasteiger partial charge is 0.497 e. The number of benzene rings is 2. The van der Waals surface area contributed by atoms with Gasteiger partial charge in [-0.1, -0.05) is 29.8 Å². The van der Waals surface area contributed by atoms with Crippen molar-refractivity contribution in [2.45, 2.75) is 25.3 Å². The van der Waals surface area contributed by atoms with E-state index in [0.29, 0.717) is 23.2 Å². The monoisotopic (exact) mass is 406 g/mol. The first-order valence-corrected chi connectivity index (χ1v) is 9.99. The maximum atomic E-state index is 12.9.